The van der Waals surface area contributed by atoms with Crippen molar-refractivity contribution in [3.63, 3.8) is 0 Å². The van der Waals surface area contributed by atoms with Crippen molar-refractivity contribution in [2.45, 2.75) is 39.3 Å². The first-order chi connectivity index (χ1) is 17.0. The van der Waals surface area contributed by atoms with Gasteiger partial charge in [-0.25, -0.2) is 0 Å². The molecule has 10 heteroatoms. The van der Waals surface area contributed by atoms with Crippen molar-refractivity contribution in [1.29, 1.82) is 0 Å². The average molecular weight is 474 g/mol. The van der Waals surface area contributed by atoms with Crippen LogP contribution in [0.25, 0.3) is 11.3 Å². The molecule has 0 spiro atoms. The van der Waals surface area contributed by atoms with Gasteiger partial charge in [0, 0.05) is 55.1 Å². The van der Waals surface area contributed by atoms with Gasteiger partial charge in [-0.15, -0.1) is 0 Å². The molecule has 35 heavy (non-hydrogen) atoms. The SMILES string of the molecule is CC(C)c1cc(Nc2cc(N3CCN[C@@H](C)C3)nc(NCc3cc(-c4ccccc4)no3)n2)n[nH]1. The van der Waals surface area contributed by atoms with Gasteiger partial charge in [0.1, 0.15) is 17.3 Å². The molecule has 4 N–H and O–H groups in total. The quantitative estimate of drug-likeness (QED) is 0.299. The second kappa shape index (κ2) is 10.1. The van der Waals surface area contributed by atoms with E-state index in [1.54, 1.807) is 0 Å². The Bertz CT molecular complexity index is 1250. The first-order valence-electron chi connectivity index (χ1n) is 12.0. The Hall–Kier alpha value is -3.92. The van der Waals surface area contributed by atoms with Gasteiger partial charge in [-0.2, -0.15) is 15.1 Å². The number of hydrogen-bond acceptors (Lipinski definition) is 9. The molecule has 4 heterocycles. The lowest BCUT2D eigenvalue weighted by Crippen LogP contribution is -2.49. The van der Waals surface area contributed by atoms with E-state index in [1.807, 2.05) is 48.5 Å². The van der Waals surface area contributed by atoms with Crippen molar-refractivity contribution in [1.82, 2.24) is 30.6 Å². The molecule has 1 aromatic carbocycles. The van der Waals surface area contributed by atoms with Crippen molar-refractivity contribution in [2.24, 2.45) is 0 Å². The number of aromatic nitrogens is 5. The number of nitrogens with zero attached hydrogens (tertiary/aromatic N) is 5. The molecule has 1 aliphatic rings. The van der Waals surface area contributed by atoms with Gasteiger partial charge in [0.25, 0.3) is 0 Å². The zero-order chi connectivity index (χ0) is 24.2. The molecule has 1 saturated heterocycles. The van der Waals surface area contributed by atoms with Crippen LogP contribution in [-0.2, 0) is 6.54 Å². The summed E-state index contributed by atoms with van der Waals surface area (Å²) >= 11 is 0. The molecule has 0 unspecified atom stereocenters. The summed E-state index contributed by atoms with van der Waals surface area (Å²) in [6.45, 7) is 9.51. The van der Waals surface area contributed by atoms with E-state index >= 15 is 0 Å². The van der Waals surface area contributed by atoms with E-state index < -0.39 is 0 Å². The van der Waals surface area contributed by atoms with Gasteiger partial charge >= 0.3 is 0 Å². The highest BCUT2D eigenvalue weighted by Crippen LogP contribution is 2.24. The molecule has 0 bridgehead atoms. The standard InChI is InChI=1S/C25H31N9O/c1-16(2)20-12-23(32-31-20)28-22-13-24(34-10-9-26-17(3)15-34)30-25(29-22)27-14-19-11-21(33-35-19)18-7-5-4-6-8-18/h4-8,11-13,16-17,26H,9-10,14-15H2,1-3H3,(H3,27,28,29,30,31,32)/t17-/m0/s1. The highest BCUT2D eigenvalue weighted by molar-refractivity contribution is 5.61. The third kappa shape index (κ3) is 5.60. The predicted molar refractivity (Wildman–Crippen MR) is 137 cm³/mol. The van der Waals surface area contributed by atoms with E-state index in [2.05, 4.69) is 62.0 Å². The molecule has 0 aliphatic carbocycles. The zero-order valence-electron chi connectivity index (χ0n) is 20.2. The van der Waals surface area contributed by atoms with E-state index in [0.717, 1.165) is 48.2 Å². The van der Waals surface area contributed by atoms with Crippen LogP contribution in [0.4, 0.5) is 23.4 Å². The fourth-order valence-electron chi connectivity index (χ4n) is 4.01. The largest absolute Gasteiger partial charge is 0.359 e. The van der Waals surface area contributed by atoms with Crippen LogP contribution in [0.2, 0.25) is 0 Å². The van der Waals surface area contributed by atoms with E-state index in [4.69, 9.17) is 9.51 Å². The number of H-pyrrole nitrogens is 1. The maximum Gasteiger partial charge on any atom is 0.227 e. The van der Waals surface area contributed by atoms with Crippen molar-refractivity contribution in [3.05, 3.63) is 60.0 Å². The Balaban J connectivity index is 1.36. The zero-order valence-corrected chi connectivity index (χ0v) is 20.2. The number of hydrogen-bond donors (Lipinski definition) is 4. The van der Waals surface area contributed by atoms with Crippen LogP contribution in [0.3, 0.4) is 0 Å². The van der Waals surface area contributed by atoms with Crippen LogP contribution in [-0.4, -0.2) is 51.0 Å². The second-order valence-corrected chi connectivity index (χ2v) is 9.12. The highest BCUT2D eigenvalue weighted by Gasteiger charge is 2.19. The summed E-state index contributed by atoms with van der Waals surface area (Å²) in [6.07, 6.45) is 0. The molecule has 182 valence electrons. The lowest BCUT2D eigenvalue weighted by molar-refractivity contribution is 0.390. The maximum absolute atomic E-state index is 5.54. The molecule has 4 aromatic rings. The van der Waals surface area contributed by atoms with E-state index in [1.165, 1.54) is 0 Å². The van der Waals surface area contributed by atoms with Crippen LogP contribution in [0.5, 0.6) is 0 Å². The Labute approximate surface area is 204 Å². The fourth-order valence-corrected chi connectivity index (χ4v) is 4.01. The lowest BCUT2D eigenvalue weighted by Gasteiger charge is -2.33. The Morgan fingerprint density at radius 1 is 1.11 bits per heavy atom. The summed E-state index contributed by atoms with van der Waals surface area (Å²) in [6, 6.07) is 16.3. The van der Waals surface area contributed by atoms with Crippen LogP contribution < -0.4 is 20.9 Å². The van der Waals surface area contributed by atoms with Gasteiger partial charge in [0.15, 0.2) is 11.6 Å². The van der Waals surface area contributed by atoms with Gasteiger partial charge in [0.2, 0.25) is 5.95 Å². The predicted octanol–water partition coefficient (Wildman–Crippen LogP) is 4.13. The van der Waals surface area contributed by atoms with Gasteiger partial charge in [-0.1, -0.05) is 49.3 Å². The summed E-state index contributed by atoms with van der Waals surface area (Å²) < 4.78 is 5.54. The summed E-state index contributed by atoms with van der Waals surface area (Å²) in [5.41, 5.74) is 2.88. The molecule has 0 radical (unpaired) electrons. The molecular formula is C25H31N9O. The maximum atomic E-state index is 5.54. The smallest absolute Gasteiger partial charge is 0.227 e. The minimum absolute atomic E-state index is 0.362. The molecule has 0 amide bonds. The van der Waals surface area contributed by atoms with E-state index in [-0.39, 0.29) is 0 Å². The number of benzene rings is 1. The Morgan fingerprint density at radius 3 is 2.74 bits per heavy atom. The molecule has 1 aliphatic heterocycles. The van der Waals surface area contributed by atoms with Crippen molar-refractivity contribution < 1.29 is 4.52 Å². The molecule has 3 aromatic heterocycles. The molecular weight excluding hydrogens is 442 g/mol. The molecule has 0 saturated carbocycles. The first-order valence-corrected chi connectivity index (χ1v) is 12.0. The summed E-state index contributed by atoms with van der Waals surface area (Å²) in [4.78, 5) is 11.7. The van der Waals surface area contributed by atoms with E-state index in [0.29, 0.717) is 36.0 Å². The summed E-state index contributed by atoms with van der Waals surface area (Å²) in [5, 5.41) is 21.7. The first kappa shape index (κ1) is 22.9. The van der Waals surface area contributed by atoms with Crippen LogP contribution >= 0.6 is 0 Å². The fraction of sp³-hybridized carbons (Fsp3) is 0.360. The third-order valence-corrected chi connectivity index (χ3v) is 5.93. The lowest BCUT2D eigenvalue weighted by atomic mass is 10.1. The van der Waals surface area contributed by atoms with Crippen LogP contribution in [0, 0.1) is 0 Å². The number of piperazine rings is 1. The van der Waals surface area contributed by atoms with Gasteiger partial charge in [0.05, 0.1) is 6.54 Å². The normalized spacial score (nSPS) is 16.0. The van der Waals surface area contributed by atoms with Crippen LogP contribution in [0.15, 0.2) is 53.1 Å². The van der Waals surface area contributed by atoms with Crippen molar-refractivity contribution in [3.8, 4) is 11.3 Å². The van der Waals surface area contributed by atoms with Crippen molar-refractivity contribution >= 4 is 23.4 Å². The number of rotatable bonds is 8. The summed E-state index contributed by atoms with van der Waals surface area (Å²) in [5.74, 6) is 3.83. The minimum atomic E-state index is 0.362. The Morgan fingerprint density at radius 2 is 1.97 bits per heavy atom. The topological polar surface area (TPSA) is 120 Å². The monoisotopic (exact) mass is 473 g/mol. The highest BCUT2D eigenvalue weighted by atomic mass is 16.5. The second-order valence-electron chi connectivity index (χ2n) is 9.12. The summed E-state index contributed by atoms with van der Waals surface area (Å²) in [7, 11) is 0. The van der Waals surface area contributed by atoms with Gasteiger partial charge < -0.3 is 25.4 Å². The number of aromatic amines is 1. The molecule has 10 nitrogen and oxygen atoms in total. The molecule has 1 atom stereocenters. The molecule has 1 fully saturated rings. The Kier molecular flexibility index (Phi) is 6.62. The third-order valence-electron chi connectivity index (χ3n) is 5.93. The van der Waals surface area contributed by atoms with E-state index in [9.17, 15) is 0 Å². The number of anilines is 4. The van der Waals surface area contributed by atoms with Crippen molar-refractivity contribution in [2.75, 3.05) is 35.2 Å². The molecule has 5 rings (SSSR count). The van der Waals surface area contributed by atoms with Crippen LogP contribution in [0.1, 0.15) is 38.1 Å². The minimum Gasteiger partial charge on any atom is -0.359 e. The van der Waals surface area contributed by atoms with Gasteiger partial charge in [-0.05, 0) is 12.8 Å². The average Bonchev–Trinajstić information content (AvgIpc) is 3.53. The van der Waals surface area contributed by atoms with Gasteiger partial charge in [-0.3, -0.25) is 5.10 Å². The number of nitrogens with one attached hydrogen (secondary N) is 4.